The minimum atomic E-state index is 0.623. The normalized spacial score (nSPS) is 10.4. The molecule has 0 aliphatic carbocycles. The first kappa shape index (κ1) is 10.5. The number of hydrogen-bond acceptors (Lipinski definition) is 2. The van der Waals surface area contributed by atoms with E-state index in [0.717, 1.165) is 16.8 Å². The largest absolute Gasteiger partial charge is 0.238 e. The van der Waals surface area contributed by atoms with Crippen molar-refractivity contribution in [2.24, 2.45) is 0 Å². The lowest BCUT2D eigenvalue weighted by Crippen LogP contribution is -1.86. The van der Waals surface area contributed by atoms with E-state index >= 15 is 0 Å². The lowest BCUT2D eigenvalue weighted by Gasteiger charge is -1.93. The third-order valence-corrected chi connectivity index (χ3v) is 2.75. The standard InChI is InChI=1S/C14H10N4/c1-10-7-8-18-13(9-10)16-14(17-18)11-3-5-12(15-2)6-4-11/h3-9H,1H3. The van der Waals surface area contributed by atoms with E-state index in [1.54, 1.807) is 16.6 Å². The van der Waals surface area contributed by atoms with Crippen LogP contribution in [0.15, 0.2) is 42.6 Å². The molecule has 2 heterocycles. The smallest absolute Gasteiger partial charge is 0.187 e. The summed E-state index contributed by atoms with van der Waals surface area (Å²) in [4.78, 5) is 7.84. The summed E-state index contributed by atoms with van der Waals surface area (Å²) < 4.78 is 1.76. The molecule has 2 aromatic heterocycles. The maximum atomic E-state index is 6.92. The minimum Gasteiger partial charge on any atom is -0.238 e. The van der Waals surface area contributed by atoms with Crippen molar-refractivity contribution in [1.29, 1.82) is 0 Å². The number of aromatic nitrogens is 3. The Kier molecular flexibility index (Phi) is 2.31. The van der Waals surface area contributed by atoms with Crippen molar-refractivity contribution >= 4 is 11.3 Å². The molecule has 3 aromatic rings. The highest BCUT2D eigenvalue weighted by Crippen LogP contribution is 2.20. The Hall–Kier alpha value is -2.67. The van der Waals surface area contributed by atoms with Crippen molar-refractivity contribution < 1.29 is 0 Å². The lowest BCUT2D eigenvalue weighted by molar-refractivity contribution is 0.962. The van der Waals surface area contributed by atoms with E-state index in [4.69, 9.17) is 6.57 Å². The van der Waals surface area contributed by atoms with Gasteiger partial charge in [0.2, 0.25) is 0 Å². The van der Waals surface area contributed by atoms with Crippen LogP contribution in [0.1, 0.15) is 5.56 Å². The van der Waals surface area contributed by atoms with Crippen LogP contribution in [0.2, 0.25) is 0 Å². The second kappa shape index (κ2) is 3.97. The molecule has 0 aliphatic heterocycles. The van der Waals surface area contributed by atoms with Gasteiger partial charge in [-0.25, -0.2) is 14.3 Å². The molecule has 0 amide bonds. The minimum absolute atomic E-state index is 0.623. The van der Waals surface area contributed by atoms with Crippen LogP contribution in [0.25, 0.3) is 21.9 Å². The molecular weight excluding hydrogens is 224 g/mol. The summed E-state index contributed by atoms with van der Waals surface area (Å²) >= 11 is 0. The highest BCUT2D eigenvalue weighted by Gasteiger charge is 2.06. The molecule has 18 heavy (non-hydrogen) atoms. The fraction of sp³-hybridized carbons (Fsp3) is 0.0714. The zero-order valence-electron chi connectivity index (χ0n) is 9.83. The van der Waals surface area contributed by atoms with Crippen molar-refractivity contribution in [3.05, 3.63) is 59.6 Å². The summed E-state index contributed by atoms with van der Waals surface area (Å²) in [7, 11) is 0. The number of fused-ring (bicyclic) bond motifs is 1. The van der Waals surface area contributed by atoms with Crippen molar-refractivity contribution in [3.8, 4) is 11.4 Å². The predicted octanol–water partition coefficient (Wildman–Crippen LogP) is 3.26. The van der Waals surface area contributed by atoms with Gasteiger partial charge in [0, 0.05) is 11.8 Å². The summed E-state index contributed by atoms with van der Waals surface area (Å²) in [5.41, 5.74) is 3.53. The number of benzene rings is 1. The van der Waals surface area contributed by atoms with Crippen LogP contribution in [0.4, 0.5) is 5.69 Å². The molecule has 0 spiro atoms. The SMILES string of the molecule is [C-]#[N+]c1ccc(-c2nc3cc(C)ccn3n2)cc1. The van der Waals surface area contributed by atoms with Crippen LogP contribution < -0.4 is 0 Å². The maximum Gasteiger partial charge on any atom is 0.187 e. The Labute approximate surface area is 104 Å². The van der Waals surface area contributed by atoms with E-state index in [2.05, 4.69) is 14.9 Å². The second-order valence-electron chi connectivity index (χ2n) is 4.10. The van der Waals surface area contributed by atoms with E-state index in [1.165, 1.54) is 0 Å². The van der Waals surface area contributed by atoms with Crippen LogP contribution in [-0.2, 0) is 0 Å². The van der Waals surface area contributed by atoms with Gasteiger partial charge in [0.1, 0.15) is 0 Å². The van der Waals surface area contributed by atoms with Gasteiger partial charge in [0.05, 0.1) is 6.57 Å². The van der Waals surface area contributed by atoms with Gasteiger partial charge in [-0.3, -0.25) is 0 Å². The van der Waals surface area contributed by atoms with Crippen LogP contribution in [0, 0.1) is 13.5 Å². The second-order valence-corrected chi connectivity index (χ2v) is 4.10. The van der Waals surface area contributed by atoms with E-state index < -0.39 is 0 Å². The molecule has 4 heteroatoms. The van der Waals surface area contributed by atoms with E-state index in [-0.39, 0.29) is 0 Å². The Bertz CT molecular complexity index is 748. The van der Waals surface area contributed by atoms with Crippen molar-refractivity contribution in [2.45, 2.75) is 6.92 Å². The fourth-order valence-corrected chi connectivity index (χ4v) is 1.79. The number of hydrogen-bond donors (Lipinski definition) is 0. The number of pyridine rings is 1. The molecule has 0 unspecified atom stereocenters. The summed E-state index contributed by atoms with van der Waals surface area (Å²) in [6, 6.07) is 11.3. The highest BCUT2D eigenvalue weighted by atomic mass is 15.3. The molecule has 0 aliphatic rings. The maximum absolute atomic E-state index is 6.92. The zero-order chi connectivity index (χ0) is 12.5. The monoisotopic (exact) mass is 234 g/mol. The van der Waals surface area contributed by atoms with Gasteiger partial charge in [-0.15, -0.1) is 5.10 Å². The molecule has 0 atom stereocenters. The molecular formula is C14H10N4. The summed E-state index contributed by atoms with van der Waals surface area (Å²) in [6.07, 6.45) is 1.90. The Morgan fingerprint density at radius 1 is 1.17 bits per heavy atom. The van der Waals surface area contributed by atoms with Gasteiger partial charge in [0.25, 0.3) is 0 Å². The first-order chi connectivity index (χ1) is 8.76. The van der Waals surface area contributed by atoms with Gasteiger partial charge >= 0.3 is 0 Å². The first-order valence-corrected chi connectivity index (χ1v) is 5.57. The Morgan fingerprint density at radius 3 is 2.67 bits per heavy atom. The fourth-order valence-electron chi connectivity index (χ4n) is 1.79. The van der Waals surface area contributed by atoms with Gasteiger partial charge in [-0.05, 0) is 24.6 Å². The summed E-state index contributed by atoms with van der Waals surface area (Å²) in [6.45, 7) is 8.95. The van der Waals surface area contributed by atoms with Crippen molar-refractivity contribution in [3.63, 3.8) is 0 Å². The molecule has 1 aromatic carbocycles. The topological polar surface area (TPSA) is 34.5 Å². The number of nitrogens with zero attached hydrogens (tertiary/aromatic N) is 4. The van der Waals surface area contributed by atoms with Crippen LogP contribution >= 0.6 is 0 Å². The average molecular weight is 234 g/mol. The molecule has 0 saturated heterocycles. The lowest BCUT2D eigenvalue weighted by atomic mass is 10.2. The Balaban J connectivity index is 2.10. The van der Waals surface area contributed by atoms with Crippen LogP contribution in [0.5, 0.6) is 0 Å². The van der Waals surface area contributed by atoms with Crippen molar-refractivity contribution in [2.75, 3.05) is 0 Å². The zero-order valence-corrected chi connectivity index (χ0v) is 9.83. The molecule has 86 valence electrons. The molecule has 4 nitrogen and oxygen atoms in total. The third-order valence-electron chi connectivity index (χ3n) is 2.75. The quantitative estimate of drug-likeness (QED) is 0.606. The molecule has 0 bridgehead atoms. The Morgan fingerprint density at radius 2 is 1.94 bits per heavy atom. The van der Waals surface area contributed by atoms with Crippen LogP contribution in [0.3, 0.4) is 0 Å². The predicted molar refractivity (Wildman–Crippen MR) is 69.4 cm³/mol. The summed E-state index contributed by atoms with van der Waals surface area (Å²) in [5.74, 6) is 0.678. The highest BCUT2D eigenvalue weighted by molar-refractivity contribution is 5.62. The van der Waals surface area contributed by atoms with Gasteiger partial charge in [-0.2, -0.15) is 0 Å². The van der Waals surface area contributed by atoms with Crippen LogP contribution in [-0.4, -0.2) is 14.6 Å². The summed E-state index contributed by atoms with van der Waals surface area (Å²) in [5, 5.41) is 4.41. The number of rotatable bonds is 1. The third kappa shape index (κ3) is 1.72. The molecule has 0 radical (unpaired) electrons. The van der Waals surface area contributed by atoms with E-state index in [0.29, 0.717) is 11.5 Å². The van der Waals surface area contributed by atoms with Gasteiger partial charge in [-0.1, -0.05) is 24.3 Å². The van der Waals surface area contributed by atoms with Crippen molar-refractivity contribution in [1.82, 2.24) is 14.6 Å². The molecule has 3 rings (SSSR count). The van der Waals surface area contributed by atoms with E-state index in [1.807, 2.05) is 37.4 Å². The van der Waals surface area contributed by atoms with Gasteiger partial charge in [0.15, 0.2) is 17.2 Å². The molecule has 0 N–H and O–H groups in total. The molecule has 0 fully saturated rings. The average Bonchev–Trinajstić information content (AvgIpc) is 2.81. The van der Waals surface area contributed by atoms with E-state index in [9.17, 15) is 0 Å². The molecule has 0 saturated carbocycles. The first-order valence-electron chi connectivity index (χ1n) is 5.57. The number of aryl methyl sites for hydroxylation is 1. The van der Waals surface area contributed by atoms with Gasteiger partial charge < -0.3 is 0 Å².